The molecule has 0 spiro atoms. The molecule has 1 atom stereocenters. The number of halogens is 2. The number of hydrogen-bond acceptors (Lipinski definition) is 3. The van der Waals surface area contributed by atoms with E-state index in [0.717, 1.165) is 43.6 Å². The summed E-state index contributed by atoms with van der Waals surface area (Å²) >= 11 is 0. The minimum atomic E-state index is 0. The maximum atomic E-state index is 9.01. The second-order valence-electron chi connectivity index (χ2n) is 4.41. The molecule has 5 heteroatoms. The molecule has 0 amide bonds. The van der Waals surface area contributed by atoms with Gasteiger partial charge in [0.25, 0.3) is 0 Å². The number of nitriles is 1. The van der Waals surface area contributed by atoms with Gasteiger partial charge in [0.2, 0.25) is 0 Å². The highest BCUT2D eigenvalue weighted by molar-refractivity contribution is 5.85. The Kier molecular flexibility index (Phi) is 7.97. The van der Waals surface area contributed by atoms with E-state index in [1.54, 1.807) is 0 Å². The Hall–Kier alpha value is -0.790. The molecule has 0 bridgehead atoms. The molecular formula is C13H19Cl2N3. The molecule has 1 aromatic rings. The lowest BCUT2D eigenvalue weighted by atomic mass is 10.0. The molecule has 18 heavy (non-hydrogen) atoms. The van der Waals surface area contributed by atoms with Crippen molar-refractivity contribution < 1.29 is 0 Å². The second kappa shape index (κ2) is 8.34. The van der Waals surface area contributed by atoms with Gasteiger partial charge in [0.05, 0.1) is 11.6 Å². The zero-order chi connectivity index (χ0) is 11.4. The Labute approximate surface area is 121 Å². The molecule has 1 aliphatic heterocycles. The monoisotopic (exact) mass is 287 g/mol. The van der Waals surface area contributed by atoms with E-state index in [9.17, 15) is 0 Å². The van der Waals surface area contributed by atoms with E-state index in [0.29, 0.717) is 6.04 Å². The number of nitrogens with zero attached hydrogens (tertiary/aromatic N) is 2. The fourth-order valence-electron chi connectivity index (χ4n) is 2.24. The van der Waals surface area contributed by atoms with Crippen LogP contribution in [0.3, 0.4) is 0 Å². The van der Waals surface area contributed by atoms with Gasteiger partial charge < -0.3 is 5.73 Å². The van der Waals surface area contributed by atoms with Gasteiger partial charge in [-0.2, -0.15) is 5.26 Å². The summed E-state index contributed by atoms with van der Waals surface area (Å²) in [6.07, 6.45) is 2.28. The quantitative estimate of drug-likeness (QED) is 0.908. The maximum Gasteiger partial charge on any atom is 0.0995 e. The third-order valence-corrected chi connectivity index (χ3v) is 3.07. The first-order chi connectivity index (χ1) is 7.79. The van der Waals surface area contributed by atoms with Crippen molar-refractivity contribution in [2.75, 3.05) is 13.1 Å². The zero-order valence-electron chi connectivity index (χ0n) is 10.2. The lowest BCUT2D eigenvalue weighted by molar-refractivity contribution is 0.201. The summed E-state index contributed by atoms with van der Waals surface area (Å²) in [5, 5.41) is 9.01. The molecule has 2 N–H and O–H groups in total. The number of benzene rings is 1. The average Bonchev–Trinajstić information content (AvgIpc) is 2.30. The van der Waals surface area contributed by atoms with E-state index in [4.69, 9.17) is 11.0 Å². The van der Waals surface area contributed by atoms with Gasteiger partial charge in [0, 0.05) is 19.1 Å². The highest BCUT2D eigenvalue weighted by atomic mass is 35.5. The number of hydrogen-bond donors (Lipinski definition) is 1. The summed E-state index contributed by atoms with van der Waals surface area (Å²) in [5.74, 6) is 0. The number of rotatable bonds is 2. The van der Waals surface area contributed by atoms with Crippen LogP contribution in [0.25, 0.3) is 0 Å². The molecule has 2 rings (SSSR count). The van der Waals surface area contributed by atoms with Gasteiger partial charge in [-0.1, -0.05) is 18.2 Å². The Morgan fingerprint density at radius 1 is 1.33 bits per heavy atom. The highest BCUT2D eigenvalue weighted by Gasteiger charge is 2.17. The predicted molar refractivity (Wildman–Crippen MR) is 78.1 cm³/mol. The van der Waals surface area contributed by atoms with Crippen LogP contribution >= 0.6 is 24.8 Å². The van der Waals surface area contributed by atoms with Gasteiger partial charge in [0.1, 0.15) is 0 Å². The Morgan fingerprint density at radius 2 is 2.06 bits per heavy atom. The summed E-state index contributed by atoms with van der Waals surface area (Å²) in [6.45, 7) is 2.88. The fraction of sp³-hybridized carbons (Fsp3) is 0.462. The van der Waals surface area contributed by atoms with Crippen molar-refractivity contribution in [3.05, 3.63) is 35.4 Å². The van der Waals surface area contributed by atoms with Gasteiger partial charge in [0.15, 0.2) is 0 Å². The molecule has 0 aliphatic carbocycles. The SMILES string of the molecule is Cl.Cl.N#Cc1ccccc1CN1CCCC(N)C1. The average molecular weight is 288 g/mol. The van der Waals surface area contributed by atoms with Crippen LogP contribution < -0.4 is 5.73 Å². The van der Waals surface area contributed by atoms with Crippen LogP contribution in [0, 0.1) is 11.3 Å². The van der Waals surface area contributed by atoms with Crippen LogP contribution in [0.4, 0.5) is 0 Å². The maximum absolute atomic E-state index is 9.01. The lowest BCUT2D eigenvalue weighted by Crippen LogP contribution is -2.42. The van der Waals surface area contributed by atoms with Crippen molar-refractivity contribution in [2.24, 2.45) is 5.73 Å². The lowest BCUT2D eigenvalue weighted by Gasteiger charge is -2.30. The van der Waals surface area contributed by atoms with Crippen LogP contribution in [0.1, 0.15) is 24.0 Å². The first kappa shape index (κ1) is 17.2. The summed E-state index contributed by atoms with van der Waals surface area (Å²) in [6, 6.07) is 10.3. The van der Waals surface area contributed by atoms with Gasteiger partial charge >= 0.3 is 0 Å². The van der Waals surface area contributed by atoms with Crippen LogP contribution in [-0.2, 0) is 6.54 Å². The van der Waals surface area contributed by atoms with Gasteiger partial charge in [-0.25, -0.2) is 0 Å². The van der Waals surface area contributed by atoms with E-state index in [2.05, 4.69) is 11.0 Å². The second-order valence-corrected chi connectivity index (χ2v) is 4.41. The first-order valence-electron chi connectivity index (χ1n) is 5.75. The van der Waals surface area contributed by atoms with E-state index in [1.165, 1.54) is 0 Å². The third kappa shape index (κ3) is 4.47. The Bertz CT molecular complexity index is 403. The van der Waals surface area contributed by atoms with E-state index in [1.807, 2.05) is 24.3 Å². The van der Waals surface area contributed by atoms with Crippen LogP contribution in [0.2, 0.25) is 0 Å². The van der Waals surface area contributed by atoms with Crippen molar-refractivity contribution in [3.8, 4) is 6.07 Å². The van der Waals surface area contributed by atoms with E-state index >= 15 is 0 Å². The van der Waals surface area contributed by atoms with Crippen molar-refractivity contribution >= 4 is 24.8 Å². The van der Waals surface area contributed by atoms with Crippen LogP contribution in [0.5, 0.6) is 0 Å². The number of nitrogens with two attached hydrogens (primary N) is 1. The Balaban J connectivity index is 0.00000144. The standard InChI is InChI=1S/C13H17N3.2ClH/c14-8-11-4-1-2-5-12(11)9-16-7-3-6-13(15)10-16;;/h1-2,4-5,13H,3,6-7,9-10,15H2;2*1H. The molecule has 0 aromatic heterocycles. The Morgan fingerprint density at radius 3 is 2.72 bits per heavy atom. The van der Waals surface area contributed by atoms with E-state index in [-0.39, 0.29) is 24.8 Å². The van der Waals surface area contributed by atoms with Gasteiger partial charge in [-0.05, 0) is 31.0 Å². The van der Waals surface area contributed by atoms with Crippen molar-refractivity contribution in [3.63, 3.8) is 0 Å². The van der Waals surface area contributed by atoms with Crippen molar-refractivity contribution in [1.29, 1.82) is 5.26 Å². The van der Waals surface area contributed by atoms with E-state index < -0.39 is 0 Å². The molecule has 0 saturated carbocycles. The summed E-state index contributed by atoms with van der Waals surface area (Å²) in [5.41, 5.74) is 7.83. The molecule has 1 aromatic carbocycles. The third-order valence-electron chi connectivity index (χ3n) is 3.07. The smallest absolute Gasteiger partial charge is 0.0995 e. The summed E-state index contributed by atoms with van der Waals surface area (Å²) in [4.78, 5) is 2.34. The fourth-order valence-corrected chi connectivity index (χ4v) is 2.24. The normalized spacial score (nSPS) is 19.2. The molecule has 1 fully saturated rings. The topological polar surface area (TPSA) is 53.0 Å². The molecule has 100 valence electrons. The molecular weight excluding hydrogens is 269 g/mol. The zero-order valence-corrected chi connectivity index (χ0v) is 11.8. The van der Waals surface area contributed by atoms with Crippen molar-refractivity contribution in [2.45, 2.75) is 25.4 Å². The molecule has 1 unspecified atom stereocenters. The summed E-state index contributed by atoms with van der Waals surface area (Å²) < 4.78 is 0. The van der Waals surface area contributed by atoms with Gasteiger partial charge in [-0.3, -0.25) is 4.90 Å². The molecule has 1 heterocycles. The molecule has 0 radical (unpaired) electrons. The molecule has 3 nitrogen and oxygen atoms in total. The summed E-state index contributed by atoms with van der Waals surface area (Å²) in [7, 11) is 0. The largest absolute Gasteiger partial charge is 0.327 e. The number of likely N-dealkylation sites (tertiary alicyclic amines) is 1. The van der Waals surface area contributed by atoms with Crippen molar-refractivity contribution in [1.82, 2.24) is 4.90 Å². The minimum absolute atomic E-state index is 0. The highest BCUT2D eigenvalue weighted by Crippen LogP contribution is 2.15. The predicted octanol–water partition coefficient (Wildman–Crippen LogP) is 2.32. The first-order valence-corrected chi connectivity index (χ1v) is 5.75. The molecule has 1 saturated heterocycles. The molecule has 1 aliphatic rings. The van der Waals surface area contributed by atoms with Crippen LogP contribution in [-0.4, -0.2) is 24.0 Å². The number of piperidine rings is 1. The van der Waals surface area contributed by atoms with Gasteiger partial charge in [-0.15, -0.1) is 24.8 Å². The minimum Gasteiger partial charge on any atom is -0.327 e. The van der Waals surface area contributed by atoms with Crippen LogP contribution in [0.15, 0.2) is 24.3 Å².